The third-order valence-electron chi connectivity index (χ3n) is 3.32. The average molecular weight is 297 g/mol. The summed E-state index contributed by atoms with van der Waals surface area (Å²) in [5.41, 5.74) is 0.373. The predicted octanol–water partition coefficient (Wildman–Crippen LogP) is 3.70. The van der Waals surface area contributed by atoms with Crippen LogP contribution >= 0.6 is 0 Å². The molecule has 5 heteroatoms. The molecule has 0 fully saturated rings. The molecule has 3 rings (SSSR count). The van der Waals surface area contributed by atoms with Gasteiger partial charge in [-0.1, -0.05) is 18.2 Å². The summed E-state index contributed by atoms with van der Waals surface area (Å²) in [6.45, 7) is 1.65. The van der Waals surface area contributed by atoms with E-state index in [0.29, 0.717) is 22.2 Å². The highest BCUT2D eigenvalue weighted by molar-refractivity contribution is 5.94. The zero-order valence-corrected chi connectivity index (χ0v) is 11.7. The maximum absolute atomic E-state index is 13.5. The van der Waals surface area contributed by atoms with Crippen molar-refractivity contribution < 1.29 is 13.9 Å². The van der Waals surface area contributed by atoms with E-state index in [4.69, 9.17) is 4.42 Å². The number of benzene rings is 2. The molecule has 0 amide bonds. The van der Waals surface area contributed by atoms with E-state index in [9.17, 15) is 14.3 Å². The molecule has 1 aromatic heterocycles. The fourth-order valence-electron chi connectivity index (χ4n) is 2.06. The summed E-state index contributed by atoms with van der Waals surface area (Å²) in [7, 11) is 0. The molecule has 0 aliphatic carbocycles. The lowest BCUT2D eigenvalue weighted by molar-refractivity contribution is 0.466. The van der Waals surface area contributed by atoms with E-state index in [-0.39, 0.29) is 17.1 Å². The molecule has 0 bridgehead atoms. The van der Waals surface area contributed by atoms with E-state index >= 15 is 0 Å². The zero-order valence-electron chi connectivity index (χ0n) is 11.7. The molecular weight excluding hydrogens is 285 g/mol. The molecule has 22 heavy (non-hydrogen) atoms. The van der Waals surface area contributed by atoms with Crippen LogP contribution in [0.1, 0.15) is 11.1 Å². The van der Waals surface area contributed by atoms with Gasteiger partial charge < -0.3 is 9.52 Å². The first-order valence-electron chi connectivity index (χ1n) is 6.61. The van der Waals surface area contributed by atoms with Gasteiger partial charge in [-0.2, -0.15) is 0 Å². The minimum Gasteiger partial charge on any atom is -0.506 e. The van der Waals surface area contributed by atoms with Crippen LogP contribution in [0.25, 0.3) is 11.0 Å². The van der Waals surface area contributed by atoms with Gasteiger partial charge in [0, 0.05) is 6.21 Å². The second-order valence-electron chi connectivity index (χ2n) is 4.84. The van der Waals surface area contributed by atoms with Crippen LogP contribution in [-0.2, 0) is 0 Å². The largest absolute Gasteiger partial charge is 0.506 e. The lowest BCUT2D eigenvalue weighted by Crippen LogP contribution is -2.06. The Labute approximate surface area is 125 Å². The summed E-state index contributed by atoms with van der Waals surface area (Å²) in [6.07, 6.45) is 1.18. The number of halogens is 1. The lowest BCUT2D eigenvalue weighted by atomic mass is 10.1. The topological polar surface area (TPSA) is 62.8 Å². The van der Waals surface area contributed by atoms with Crippen molar-refractivity contribution in [1.82, 2.24) is 0 Å². The van der Waals surface area contributed by atoms with E-state index in [1.807, 2.05) is 0 Å². The van der Waals surface area contributed by atoms with Crippen molar-refractivity contribution in [3.8, 4) is 5.75 Å². The van der Waals surface area contributed by atoms with Crippen LogP contribution in [0.4, 0.5) is 10.1 Å². The highest BCUT2D eigenvalue weighted by Crippen LogP contribution is 2.25. The van der Waals surface area contributed by atoms with Crippen LogP contribution in [0.5, 0.6) is 5.75 Å². The number of hydrogen-bond acceptors (Lipinski definition) is 4. The molecule has 110 valence electrons. The number of nitrogens with zero attached hydrogens (tertiary/aromatic N) is 1. The summed E-state index contributed by atoms with van der Waals surface area (Å²) in [6, 6.07) is 11.1. The van der Waals surface area contributed by atoms with Crippen LogP contribution in [0.3, 0.4) is 0 Å². The molecule has 0 unspecified atom stereocenters. The summed E-state index contributed by atoms with van der Waals surface area (Å²) < 4.78 is 18.6. The fraction of sp³-hybridized carbons (Fsp3) is 0.0588. The fourth-order valence-corrected chi connectivity index (χ4v) is 2.06. The Balaban J connectivity index is 2.08. The van der Waals surface area contributed by atoms with E-state index in [0.717, 1.165) is 0 Å². The van der Waals surface area contributed by atoms with Gasteiger partial charge in [-0.15, -0.1) is 0 Å². The number of hydrogen-bond donors (Lipinski definition) is 1. The smallest absolute Gasteiger partial charge is 0.348 e. The van der Waals surface area contributed by atoms with Crippen molar-refractivity contribution in [3.05, 3.63) is 69.8 Å². The molecule has 4 nitrogen and oxygen atoms in total. The van der Waals surface area contributed by atoms with Gasteiger partial charge in [0.05, 0.1) is 11.1 Å². The van der Waals surface area contributed by atoms with Gasteiger partial charge in [-0.3, -0.25) is 4.99 Å². The number of aliphatic imine (C=N–C) groups is 1. The highest BCUT2D eigenvalue weighted by Gasteiger charge is 2.11. The van der Waals surface area contributed by atoms with Gasteiger partial charge in [0.2, 0.25) is 0 Å². The Morgan fingerprint density at radius 1 is 1.23 bits per heavy atom. The maximum Gasteiger partial charge on any atom is 0.348 e. The summed E-state index contributed by atoms with van der Waals surface area (Å²) in [5.74, 6) is -0.590. The Hall–Kier alpha value is -2.95. The molecule has 2 aromatic carbocycles. The van der Waals surface area contributed by atoms with Gasteiger partial charge >= 0.3 is 5.63 Å². The SMILES string of the molecule is Cc1ccc(N=Cc2c(O)c3ccccc3oc2=O)cc1F. The van der Waals surface area contributed by atoms with E-state index in [1.54, 1.807) is 43.3 Å². The second kappa shape index (κ2) is 5.44. The monoisotopic (exact) mass is 297 g/mol. The molecule has 0 spiro atoms. The molecule has 0 radical (unpaired) electrons. The molecule has 0 saturated carbocycles. The van der Waals surface area contributed by atoms with Gasteiger partial charge in [-0.05, 0) is 36.8 Å². The van der Waals surface area contributed by atoms with Gasteiger partial charge in [0.1, 0.15) is 22.7 Å². The maximum atomic E-state index is 13.5. The Kier molecular flexibility index (Phi) is 3.47. The number of rotatable bonds is 2. The normalized spacial score (nSPS) is 11.4. The zero-order chi connectivity index (χ0) is 15.7. The van der Waals surface area contributed by atoms with Crippen molar-refractivity contribution in [2.75, 3.05) is 0 Å². The van der Waals surface area contributed by atoms with Gasteiger partial charge in [0.25, 0.3) is 0 Å². The number of aromatic hydroxyl groups is 1. The predicted molar refractivity (Wildman–Crippen MR) is 82.5 cm³/mol. The summed E-state index contributed by atoms with van der Waals surface area (Å²) in [4.78, 5) is 15.9. The molecule has 1 heterocycles. The number of aryl methyl sites for hydroxylation is 1. The minimum atomic E-state index is -0.701. The summed E-state index contributed by atoms with van der Waals surface area (Å²) in [5, 5.41) is 10.6. The quantitative estimate of drug-likeness (QED) is 0.579. The first-order chi connectivity index (χ1) is 10.6. The van der Waals surface area contributed by atoms with E-state index in [1.165, 1.54) is 12.3 Å². The standard InChI is InChI=1S/C17H12FNO3/c1-10-6-7-11(8-14(10)18)19-9-13-16(20)12-4-2-3-5-15(12)22-17(13)21/h2-9,20H,1H3. The van der Waals surface area contributed by atoms with Crippen molar-refractivity contribution in [3.63, 3.8) is 0 Å². The second-order valence-corrected chi connectivity index (χ2v) is 4.84. The lowest BCUT2D eigenvalue weighted by Gasteiger charge is -2.02. The molecule has 3 aromatic rings. The third-order valence-corrected chi connectivity index (χ3v) is 3.32. The third kappa shape index (κ3) is 2.48. The van der Waals surface area contributed by atoms with Crippen LogP contribution in [0.15, 0.2) is 56.7 Å². The van der Waals surface area contributed by atoms with Gasteiger partial charge in [0.15, 0.2) is 0 Å². The molecule has 0 atom stereocenters. The first-order valence-corrected chi connectivity index (χ1v) is 6.61. The van der Waals surface area contributed by atoms with Crippen LogP contribution in [0, 0.1) is 12.7 Å². The molecule has 0 saturated heterocycles. The van der Waals surface area contributed by atoms with Crippen LogP contribution in [0.2, 0.25) is 0 Å². The Morgan fingerprint density at radius 2 is 2.00 bits per heavy atom. The average Bonchev–Trinajstić information content (AvgIpc) is 2.50. The number of fused-ring (bicyclic) bond motifs is 1. The Bertz CT molecular complexity index is 944. The van der Waals surface area contributed by atoms with E-state index < -0.39 is 5.63 Å². The molecule has 1 N–H and O–H groups in total. The molecule has 0 aliphatic heterocycles. The minimum absolute atomic E-state index is 0.0697. The van der Waals surface area contributed by atoms with Crippen molar-refractivity contribution in [2.24, 2.45) is 4.99 Å². The van der Waals surface area contributed by atoms with Crippen molar-refractivity contribution in [2.45, 2.75) is 6.92 Å². The summed E-state index contributed by atoms with van der Waals surface area (Å²) >= 11 is 0. The highest BCUT2D eigenvalue weighted by atomic mass is 19.1. The number of para-hydroxylation sites is 1. The molecular formula is C17H12FNO3. The van der Waals surface area contributed by atoms with Crippen LogP contribution < -0.4 is 5.63 Å². The van der Waals surface area contributed by atoms with Crippen molar-refractivity contribution >= 4 is 22.9 Å². The van der Waals surface area contributed by atoms with Crippen molar-refractivity contribution in [1.29, 1.82) is 0 Å². The Morgan fingerprint density at radius 3 is 2.77 bits per heavy atom. The first kappa shape index (κ1) is 14.0. The van der Waals surface area contributed by atoms with Gasteiger partial charge in [-0.25, -0.2) is 9.18 Å². The molecule has 0 aliphatic rings. The van der Waals surface area contributed by atoms with Crippen LogP contribution in [-0.4, -0.2) is 11.3 Å². The van der Waals surface area contributed by atoms with E-state index in [2.05, 4.69) is 4.99 Å².